The van der Waals surface area contributed by atoms with Crippen LogP contribution in [0.25, 0.3) is 5.00 Å². The first-order chi connectivity index (χ1) is 13.1. The van der Waals surface area contributed by atoms with E-state index in [0.29, 0.717) is 12.2 Å². The molecule has 0 aliphatic heterocycles. The number of carbonyl (C=O) groups is 1. The molecule has 4 nitrogen and oxygen atoms in total. The smallest absolute Gasteiger partial charge is 0.319 e. The van der Waals surface area contributed by atoms with Crippen molar-refractivity contribution in [2.75, 3.05) is 5.32 Å². The minimum absolute atomic E-state index is 0.0189. The van der Waals surface area contributed by atoms with Crippen LogP contribution in [0.1, 0.15) is 28.8 Å². The number of anilines is 1. The van der Waals surface area contributed by atoms with Crippen molar-refractivity contribution in [2.24, 2.45) is 0 Å². The number of halogens is 2. The topological polar surface area (TPSA) is 46.1 Å². The molecule has 0 unspecified atom stereocenters. The van der Waals surface area contributed by atoms with E-state index in [1.165, 1.54) is 47.0 Å². The third kappa shape index (κ3) is 3.87. The molecule has 140 valence electrons. The molecule has 0 radical (unpaired) electrons. The number of nitrogens with zero attached hydrogens (tertiary/aromatic N) is 1. The van der Waals surface area contributed by atoms with Crippen LogP contribution in [-0.2, 0) is 19.4 Å². The number of thiophene rings is 1. The van der Waals surface area contributed by atoms with Crippen LogP contribution < -0.4 is 10.6 Å². The van der Waals surface area contributed by atoms with Crippen molar-refractivity contribution in [3.05, 3.63) is 69.6 Å². The van der Waals surface area contributed by atoms with Crippen molar-refractivity contribution >= 4 is 34.7 Å². The van der Waals surface area contributed by atoms with Gasteiger partial charge in [0.05, 0.1) is 5.02 Å². The zero-order chi connectivity index (χ0) is 18.8. The summed E-state index contributed by atoms with van der Waals surface area (Å²) in [6, 6.07) is 7.78. The molecule has 1 aliphatic rings. The molecule has 1 aliphatic carbocycles. The molecule has 2 heterocycles. The third-order valence-electron chi connectivity index (χ3n) is 4.70. The Morgan fingerprint density at radius 2 is 2.00 bits per heavy atom. The Morgan fingerprint density at radius 1 is 1.22 bits per heavy atom. The second-order valence-corrected chi connectivity index (χ2v) is 8.01. The minimum Gasteiger partial charge on any atom is -0.334 e. The highest BCUT2D eigenvalue weighted by Crippen LogP contribution is 2.36. The molecule has 4 rings (SSSR count). The van der Waals surface area contributed by atoms with Gasteiger partial charge >= 0.3 is 6.03 Å². The van der Waals surface area contributed by atoms with Gasteiger partial charge in [-0.2, -0.15) is 0 Å². The molecular formula is C20H19ClFN3OS. The third-order valence-corrected chi connectivity index (χ3v) is 6.34. The first kappa shape index (κ1) is 18.1. The Bertz CT molecular complexity index is 968. The van der Waals surface area contributed by atoms with E-state index in [2.05, 4.69) is 15.2 Å². The summed E-state index contributed by atoms with van der Waals surface area (Å²) in [6.45, 7) is 0.445. The zero-order valence-corrected chi connectivity index (χ0v) is 16.2. The van der Waals surface area contributed by atoms with Gasteiger partial charge in [-0.05, 0) is 61.6 Å². The quantitative estimate of drug-likeness (QED) is 0.591. The van der Waals surface area contributed by atoms with Crippen LogP contribution in [0.15, 0.2) is 42.7 Å². The van der Waals surface area contributed by atoms with Crippen LogP contribution in [0, 0.1) is 5.82 Å². The number of nitrogens with one attached hydrogen (secondary N) is 2. The molecule has 2 N–H and O–H groups in total. The number of hydrogen-bond acceptors (Lipinski definition) is 2. The van der Waals surface area contributed by atoms with E-state index >= 15 is 0 Å². The summed E-state index contributed by atoms with van der Waals surface area (Å²) in [5.74, 6) is -0.510. The largest absolute Gasteiger partial charge is 0.334 e. The van der Waals surface area contributed by atoms with Gasteiger partial charge in [0.15, 0.2) is 0 Å². The van der Waals surface area contributed by atoms with E-state index in [-0.39, 0.29) is 11.1 Å². The minimum atomic E-state index is -0.510. The van der Waals surface area contributed by atoms with Crippen molar-refractivity contribution in [2.45, 2.75) is 32.2 Å². The lowest BCUT2D eigenvalue weighted by atomic mass is 9.95. The number of benzene rings is 1. The Labute approximate surface area is 166 Å². The van der Waals surface area contributed by atoms with Crippen molar-refractivity contribution in [3.8, 4) is 5.00 Å². The maximum atomic E-state index is 13.2. The number of hydrogen-bond donors (Lipinski definition) is 2. The Balaban J connectivity index is 1.51. The number of urea groups is 1. The summed E-state index contributed by atoms with van der Waals surface area (Å²) in [5.41, 5.74) is 3.01. The van der Waals surface area contributed by atoms with Crippen LogP contribution in [0.2, 0.25) is 5.02 Å². The van der Waals surface area contributed by atoms with Crippen molar-refractivity contribution in [1.82, 2.24) is 9.88 Å². The molecule has 0 atom stereocenters. The van der Waals surface area contributed by atoms with Crippen LogP contribution in [0.4, 0.5) is 14.9 Å². The molecule has 2 aromatic heterocycles. The maximum Gasteiger partial charge on any atom is 0.319 e. The SMILES string of the molecule is O=C(NCc1c(-n2cccc2)sc2c1CCCC2)Nc1ccc(F)c(Cl)c1. The molecule has 1 aromatic carbocycles. The highest BCUT2D eigenvalue weighted by atomic mass is 35.5. The number of carbonyl (C=O) groups excluding carboxylic acids is 1. The summed E-state index contributed by atoms with van der Waals surface area (Å²) in [6.07, 6.45) is 8.62. The Hall–Kier alpha value is -2.31. The van der Waals surface area contributed by atoms with Gasteiger partial charge in [0, 0.05) is 35.1 Å². The first-order valence-electron chi connectivity index (χ1n) is 8.88. The van der Waals surface area contributed by atoms with E-state index in [1.807, 2.05) is 35.9 Å². The summed E-state index contributed by atoms with van der Waals surface area (Å²) >= 11 is 7.58. The summed E-state index contributed by atoms with van der Waals surface area (Å²) in [5, 5.41) is 6.77. The summed E-state index contributed by atoms with van der Waals surface area (Å²) in [4.78, 5) is 13.7. The van der Waals surface area contributed by atoms with Crippen LogP contribution >= 0.6 is 22.9 Å². The van der Waals surface area contributed by atoms with Gasteiger partial charge in [0.25, 0.3) is 0 Å². The highest BCUT2D eigenvalue weighted by molar-refractivity contribution is 7.14. The van der Waals surface area contributed by atoms with E-state index in [0.717, 1.165) is 17.8 Å². The molecule has 0 spiro atoms. The molecule has 0 bridgehead atoms. The highest BCUT2D eigenvalue weighted by Gasteiger charge is 2.21. The zero-order valence-electron chi connectivity index (χ0n) is 14.6. The van der Waals surface area contributed by atoms with Crippen LogP contribution in [0.5, 0.6) is 0 Å². The van der Waals surface area contributed by atoms with Gasteiger partial charge in [0.1, 0.15) is 10.8 Å². The molecule has 27 heavy (non-hydrogen) atoms. The number of amides is 2. The second-order valence-electron chi connectivity index (χ2n) is 6.52. The molecule has 0 saturated heterocycles. The lowest BCUT2D eigenvalue weighted by Gasteiger charge is -2.14. The van der Waals surface area contributed by atoms with Crippen LogP contribution in [0.3, 0.4) is 0 Å². The van der Waals surface area contributed by atoms with Gasteiger partial charge in [-0.3, -0.25) is 0 Å². The monoisotopic (exact) mass is 403 g/mol. The number of fused-ring (bicyclic) bond motifs is 1. The van der Waals surface area contributed by atoms with E-state index in [4.69, 9.17) is 11.6 Å². The summed E-state index contributed by atoms with van der Waals surface area (Å²) in [7, 11) is 0. The van der Waals surface area contributed by atoms with Crippen molar-refractivity contribution in [1.29, 1.82) is 0 Å². The van der Waals surface area contributed by atoms with Gasteiger partial charge in [0.2, 0.25) is 0 Å². The van der Waals surface area contributed by atoms with Crippen molar-refractivity contribution < 1.29 is 9.18 Å². The molecule has 3 aromatic rings. The standard InChI is InChI=1S/C20H19ClFN3OS/c21-16-11-13(7-8-17(16)22)24-20(26)23-12-15-14-5-1-2-6-18(14)27-19(15)25-9-3-4-10-25/h3-4,7-11H,1-2,5-6,12H2,(H2,23,24,26). The lowest BCUT2D eigenvalue weighted by molar-refractivity contribution is 0.251. The molecule has 0 fully saturated rings. The van der Waals surface area contributed by atoms with Gasteiger partial charge in [-0.15, -0.1) is 11.3 Å². The Kier molecular flexibility index (Phi) is 5.18. The fourth-order valence-corrected chi connectivity index (χ4v) is 4.95. The number of rotatable bonds is 4. The molecular weight excluding hydrogens is 385 g/mol. The molecule has 7 heteroatoms. The number of aromatic nitrogens is 1. The number of aryl methyl sites for hydroxylation is 1. The van der Waals surface area contributed by atoms with E-state index < -0.39 is 5.82 Å². The normalized spacial score (nSPS) is 13.3. The summed E-state index contributed by atoms with van der Waals surface area (Å²) < 4.78 is 15.4. The average Bonchev–Trinajstić information content (AvgIpc) is 3.30. The lowest BCUT2D eigenvalue weighted by Crippen LogP contribution is -2.28. The maximum absolute atomic E-state index is 13.2. The predicted molar refractivity (Wildman–Crippen MR) is 108 cm³/mol. The predicted octanol–water partition coefficient (Wildman–Crippen LogP) is 5.53. The fraction of sp³-hybridized carbons (Fsp3) is 0.250. The van der Waals surface area contributed by atoms with Gasteiger partial charge in [-0.25, -0.2) is 9.18 Å². The van der Waals surface area contributed by atoms with Gasteiger partial charge < -0.3 is 15.2 Å². The van der Waals surface area contributed by atoms with Crippen LogP contribution in [-0.4, -0.2) is 10.6 Å². The second kappa shape index (κ2) is 7.74. The van der Waals surface area contributed by atoms with Gasteiger partial charge in [-0.1, -0.05) is 11.6 Å². The molecule has 0 saturated carbocycles. The Morgan fingerprint density at radius 3 is 2.78 bits per heavy atom. The van der Waals surface area contributed by atoms with E-state index in [1.54, 1.807) is 0 Å². The molecule has 2 amide bonds. The first-order valence-corrected chi connectivity index (χ1v) is 10.1. The van der Waals surface area contributed by atoms with E-state index in [9.17, 15) is 9.18 Å². The average molecular weight is 404 g/mol. The van der Waals surface area contributed by atoms with Crippen molar-refractivity contribution in [3.63, 3.8) is 0 Å². The fourth-order valence-electron chi connectivity index (χ4n) is 3.40.